The Morgan fingerprint density at radius 2 is 1.74 bits per heavy atom. The molecule has 2 aromatic heterocycles. The Hall–Kier alpha value is -3.75. The molecule has 0 saturated heterocycles. The molecule has 4 rings (SSSR count). The molecule has 0 aliphatic heterocycles. The molecular weight excluding hydrogens is 472 g/mol. The molecule has 0 fully saturated rings. The van der Waals surface area contributed by atoms with E-state index in [2.05, 4.69) is 21.0 Å². The molecule has 0 atom stereocenters. The molecule has 2 N–H and O–H groups in total. The third kappa shape index (κ3) is 5.08. The molecule has 0 radical (unpaired) electrons. The van der Waals surface area contributed by atoms with Crippen LogP contribution in [0.25, 0.3) is 11.3 Å². The Labute approximate surface area is 205 Å². The van der Waals surface area contributed by atoms with Crippen molar-refractivity contribution in [3.8, 4) is 11.3 Å². The molecule has 0 spiro atoms. The lowest BCUT2D eigenvalue weighted by Crippen LogP contribution is -2.20. The van der Waals surface area contributed by atoms with E-state index in [1.54, 1.807) is 50.2 Å². The van der Waals surface area contributed by atoms with Gasteiger partial charge in [0.05, 0.1) is 15.6 Å². The molecule has 172 valence electrons. The molecular formula is C25H21ClN4O3S. The van der Waals surface area contributed by atoms with Crippen LogP contribution in [0, 0.1) is 13.8 Å². The number of aromatic nitrogens is 1. The molecule has 2 aromatic carbocycles. The first-order valence-electron chi connectivity index (χ1n) is 10.4. The van der Waals surface area contributed by atoms with Crippen molar-refractivity contribution in [2.24, 2.45) is 5.10 Å². The minimum Gasteiger partial charge on any atom is -0.360 e. The van der Waals surface area contributed by atoms with Gasteiger partial charge in [-0.05, 0) is 56.7 Å². The van der Waals surface area contributed by atoms with Crippen LogP contribution in [0.4, 0.5) is 5.69 Å². The van der Waals surface area contributed by atoms with Gasteiger partial charge >= 0.3 is 0 Å². The molecule has 2 heterocycles. The minimum absolute atomic E-state index is 0.151. The van der Waals surface area contributed by atoms with E-state index in [0.29, 0.717) is 38.3 Å². The third-order valence-corrected chi connectivity index (χ3v) is 6.40. The number of thiophene rings is 1. The number of hydrogen-bond acceptors (Lipinski definition) is 6. The number of rotatable bonds is 6. The minimum atomic E-state index is -0.455. The predicted octanol–water partition coefficient (Wildman–Crippen LogP) is 6.08. The van der Waals surface area contributed by atoms with Gasteiger partial charge in [0.25, 0.3) is 11.8 Å². The Morgan fingerprint density at radius 3 is 2.41 bits per heavy atom. The van der Waals surface area contributed by atoms with Crippen molar-refractivity contribution in [3.05, 3.63) is 92.3 Å². The van der Waals surface area contributed by atoms with E-state index in [1.165, 1.54) is 11.3 Å². The zero-order valence-corrected chi connectivity index (χ0v) is 20.3. The first-order chi connectivity index (χ1) is 16.3. The molecule has 4 aromatic rings. The number of hydrazone groups is 1. The molecule has 2 amide bonds. The topological polar surface area (TPSA) is 96.6 Å². The first kappa shape index (κ1) is 23.4. The maximum atomic E-state index is 12.9. The number of carbonyl (C=O) groups excluding carboxylic acids is 2. The Kier molecular flexibility index (Phi) is 6.90. The van der Waals surface area contributed by atoms with Crippen LogP contribution in [-0.2, 0) is 0 Å². The van der Waals surface area contributed by atoms with Gasteiger partial charge in [-0.3, -0.25) is 9.59 Å². The number of nitrogens with zero attached hydrogens (tertiary/aromatic N) is 2. The molecule has 34 heavy (non-hydrogen) atoms. The number of aryl methyl sites for hydroxylation is 2. The summed E-state index contributed by atoms with van der Waals surface area (Å²) in [7, 11) is 0. The van der Waals surface area contributed by atoms with Crippen molar-refractivity contribution in [1.29, 1.82) is 0 Å². The number of nitrogens with one attached hydrogen (secondary N) is 2. The second-order valence-electron chi connectivity index (χ2n) is 7.52. The second kappa shape index (κ2) is 10.0. The fourth-order valence-corrected chi connectivity index (χ4v) is 4.26. The predicted molar refractivity (Wildman–Crippen MR) is 135 cm³/mol. The fraction of sp³-hybridized carbons (Fsp3) is 0.120. The molecule has 0 unspecified atom stereocenters. The van der Waals surface area contributed by atoms with Crippen molar-refractivity contribution in [2.75, 3.05) is 5.32 Å². The highest BCUT2D eigenvalue weighted by molar-refractivity contribution is 7.14. The van der Waals surface area contributed by atoms with Crippen molar-refractivity contribution in [3.63, 3.8) is 0 Å². The summed E-state index contributed by atoms with van der Waals surface area (Å²) in [4.78, 5) is 26.9. The largest absolute Gasteiger partial charge is 0.360 e. The van der Waals surface area contributed by atoms with E-state index < -0.39 is 5.91 Å². The van der Waals surface area contributed by atoms with Gasteiger partial charge in [-0.25, -0.2) is 5.43 Å². The summed E-state index contributed by atoms with van der Waals surface area (Å²) in [5.74, 6) is -0.244. The SMILES string of the molecule is C/C(=N/NC(=O)c1c(-c2ccccc2Cl)noc1C)c1ccc(NC(=O)c2ccc(C)s2)cc1. The summed E-state index contributed by atoms with van der Waals surface area (Å²) in [5.41, 5.74) is 5.84. The lowest BCUT2D eigenvalue weighted by molar-refractivity contribution is 0.0953. The third-order valence-electron chi connectivity index (χ3n) is 5.07. The van der Waals surface area contributed by atoms with E-state index in [1.807, 2.05) is 31.2 Å². The lowest BCUT2D eigenvalue weighted by atomic mass is 10.1. The number of amides is 2. The maximum absolute atomic E-state index is 12.9. The Balaban J connectivity index is 1.46. The van der Waals surface area contributed by atoms with Crippen LogP contribution in [0.3, 0.4) is 0 Å². The van der Waals surface area contributed by atoms with Crippen LogP contribution in [0.2, 0.25) is 5.02 Å². The Bertz CT molecular complexity index is 1390. The summed E-state index contributed by atoms with van der Waals surface area (Å²) in [6.45, 7) is 5.39. The summed E-state index contributed by atoms with van der Waals surface area (Å²) < 4.78 is 5.24. The average Bonchev–Trinajstić information content (AvgIpc) is 3.43. The van der Waals surface area contributed by atoms with E-state index in [-0.39, 0.29) is 11.5 Å². The van der Waals surface area contributed by atoms with Crippen molar-refractivity contribution >= 4 is 46.2 Å². The number of carbonyl (C=O) groups is 2. The summed E-state index contributed by atoms with van der Waals surface area (Å²) in [6, 6.07) is 18.0. The molecule has 7 nitrogen and oxygen atoms in total. The second-order valence-corrected chi connectivity index (χ2v) is 9.22. The number of halogens is 1. The highest BCUT2D eigenvalue weighted by atomic mass is 35.5. The zero-order valence-electron chi connectivity index (χ0n) is 18.7. The Morgan fingerprint density at radius 1 is 1.00 bits per heavy atom. The van der Waals surface area contributed by atoms with Crippen LogP contribution in [0.1, 0.15) is 43.2 Å². The molecule has 0 aliphatic rings. The smallest absolute Gasteiger partial charge is 0.277 e. The van der Waals surface area contributed by atoms with Gasteiger partial charge in [0.2, 0.25) is 0 Å². The van der Waals surface area contributed by atoms with Crippen LogP contribution in [0.15, 0.2) is 70.3 Å². The van der Waals surface area contributed by atoms with Crippen molar-refractivity contribution < 1.29 is 14.1 Å². The van der Waals surface area contributed by atoms with Gasteiger partial charge in [0.15, 0.2) is 0 Å². The summed E-state index contributed by atoms with van der Waals surface area (Å²) in [5, 5.41) is 11.6. The molecule has 0 aliphatic carbocycles. The van der Waals surface area contributed by atoms with Crippen LogP contribution >= 0.6 is 22.9 Å². The number of hydrogen-bond donors (Lipinski definition) is 2. The van der Waals surface area contributed by atoms with Crippen molar-refractivity contribution in [1.82, 2.24) is 10.6 Å². The molecule has 0 saturated carbocycles. The van der Waals surface area contributed by atoms with Gasteiger partial charge in [-0.1, -0.05) is 47.1 Å². The van der Waals surface area contributed by atoms with Crippen LogP contribution in [-0.4, -0.2) is 22.7 Å². The van der Waals surface area contributed by atoms with Gasteiger partial charge in [0, 0.05) is 16.1 Å². The lowest BCUT2D eigenvalue weighted by Gasteiger charge is -2.07. The van der Waals surface area contributed by atoms with Crippen LogP contribution < -0.4 is 10.7 Å². The van der Waals surface area contributed by atoms with E-state index in [0.717, 1.165) is 10.4 Å². The van der Waals surface area contributed by atoms with Crippen LogP contribution in [0.5, 0.6) is 0 Å². The first-order valence-corrected chi connectivity index (χ1v) is 11.6. The summed E-state index contributed by atoms with van der Waals surface area (Å²) >= 11 is 7.71. The van der Waals surface area contributed by atoms with Crippen molar-refractivity contribution in [2.45, 2.75) is 20.8 Å². The molecule has 9 heteroatoms. The highest BCUT2D eigenvalue weighted by Crippen LogP contribution is 2.31. The standard InChI is InChI=1S/C25H21ClN4O3S/c1-14-8-13-21(34-14)24(31)27-18-11-9-17(10-12-18)15(2)28-29-25(32)22-16(3)33-30-23(22)19-6-4-5-7-20(19)26/h4-13H,1-3H3,(H,27,31)(H,29,32)/b28-15-. The highest BCUT2D eigenvalue weighted by Gasteiger charge is 2.23. The number of benzene rings is 2. The van der Waals surface area contributed by atoms with E-state index in [9.17, 15) is 9.59 Å². The molecule has 0 bridgehead atoms. The zero-order chi connectivity index (χ0) is 24.2. The van der Waals surface area contributed by atoms with E-state index in [4.69, 9.17) is 16.1 Å². The maximum Gasteiger partial charge on any atom is 0.277 e. The fourth-order valence-electron chi connectivity index (χ4n) is 3.28. The average molecular weight is 493 g/mol. The van der Waals surface area contributed by atoms with E-state index >= 15 is 0 Å². The summed E-state index contributed by atoms with van der Waals surface area (Å²) in [6.07, 6.45) is 0. The monoisotopic (exact) mass is 492 g/mol. The van der Waals surface area contributed by atoms with Gasteiger partial charge < -0.3 is 9.84 Å². The quantitative estimate of drug-likeness (QED) is 0.252. The van der Waals surface area contributed by atoms with Gasteiger partial charge in [-0.15, -0.1) is 11.3 Å². The van der Waals surface area contributed by atoms with Gasteiger partial charge in [-0.2, -0.15) is 5.10 Å². The number of anilines is 1. The van der Waals surface area contributed by atoms with Gasteiger partial charge in [0.1, 0.15) is 17.0 Å². The normalized spacial score (nSPS) is 11.4.